The van der Waals surface area contributed by atoms with Crippen LogP contribution in [0.3, 0.4) is 0 Å². The van der Waals surface area contributed by atoms with E-state index >= 15 is 0 Å². The van der Waals surface area contributed by atoms with Gasteiger partial charge in [-0.2, -0.15) is 0 Å². The highest BCUT2D eigenvalue weighted by Gasteiger charge is 2.43. The average molecular weight is 573 g/mol. The van der Waals surface area contributed by atoms with Gasteiger partial charge in [0.1, 0.15) is 0 Å². The van der Waals surface area contributed by atoms with Gasteiger partial charge in [-0.25, -0.2) is 18.1 Å². The molecule has 7 nitrogen and oxygen atoms in total. The summed E-state index contributed by atoms with van der Waals surface area (Å²) in [5, 5.41) is 6.77. The summed E-state index contributed by atoms with van der Waals surface area (Å²) in [7, 11) is -1.99. The average Bonchev–Trinajstić information content (AvgIpc) is 3.58. The topological polar surface area (TPSA) is 91.8 Å². The molecule has 0 spiro atoms. The molecule has 0 bridgehead atoms. The zero-order chi connectivity index (χ0) is 22.2. The van der Waals surface area contributed by atoms with Crippen LogP contribution in [-0.2, 0) is 26.7 Å². The maximum Gasteiger partial charge on any atom is 0.240 e. The van der Waals surface area contributed by atoms with Gasteiger partial charge in [-0.3, -0.25) is 0 Å². The van der Waals surface area contributed by atoms with Gasteiger partial charge in [0.25, 0.3) is 0 Å². The molecule has 2 aromatic rings. The summed E-state index contributed by atoms with van der Waals surface area (Å²) in [5.74, 6) is 0.766. The highest BCUT2D eigenvalue weighted by molar-refractivity contribution is 14.0. The SMILES string of the molecule is CCNC(=NCc1ccc(S(=O)(=O)NCCOC)cc1)NCC1(c2ccccc2)CC1.I. The van der Waals surface area contributed by atoms with Gasteiger partial charge in [-0.05, 0) is 43.0 Å². The van der Waals surface area contributed by atoms with Gasteiger partial charge < -0.3 is 15.4 Å². The number of hydrogen-bond donors (Lipinski definition) is 3. The molecular weight excluding hydrogens is 539 g/mol. The quantitative estimate of drug-likeness (QED) is 0.167. The summed E-state index contributed by atoms with van der Waals surface area (Å²) < 4.78 is 31.9. The summed E-state index contributed by atoms with van der Waals surface area (Å²) in [6, 6.07) is 17.4. The Morgan fingerprint density at radius 2 is 1.75 bits per heavy atom. The Labute approximate surface area is 208 Å². The molecule has 32 heavy (non-hydrogen) atoms. The van der Waals surface area contributed by atoms with Crippen LogP contribution in [-0.4, -0.2) is 47.7 Å². The number of hydrogen-bond acceptors (Lipinski definition) is 4. The van der Waals surface area contributed by atoms with Crippen molar-refractivity contribution in [1.29, 1.82) is 0 Å². The molecule has 1 saturated carbocycles. The van der Waals surface area contributed by atoms with Crippen LogP contribution in [0.25, 0.3) is 0 Å². The van der Waals surface area contributed by atoms with E-state index in [0.717, 1.165) is 24.6 Å². The molecule has 9 heteroatoms. The number of sulfonamides is 1. The second-order valence-corrected chi connectivity index (χ2v) is 9.50. The number of ether oxygens (including phenoxy) is 1. The van der Waals surface area contributed by atoms with Crippen molar-refractivity contribution in [3.63, 3.8) is 0 Å². The second-order valence-electron chi connectivity index (χ2n) is 7.73. The van der Waals surface area contributed by atoms with E-state index in [4.69, 9.17) is 4.74 Å². The lowest BCUT2D eigenvalue weighted by Crippen LogP contribution is -2.41. The van der Waals surface area contributed by atoms with Crippen molar-refractivity contribution in [2.75, 3.05) is 33.4 Å². The number of rotatable bonds is 11. The summed E-state index contributed by atoms with van der Waals surface area (Å²) in [4.78, 5) is 4.91. The van der Waals surface area contributed by atoms with Crippen molar-refractivity contribution in [1.82, 2.24) is 15.4 Å². The molecule has 0 amide bonds. The van der Waals surface area contributed by atoms with Gasteiger partial charge in [0, 0.05) is 32.2 Å². The molecule has 1 aliphatic carbocycles. The van der Waals surface area contributed by atoms with Crippen molar-refractivity contribution in [2.45, 2.75) is 36.6 Å². The van der Waals surface area contributed by atoms with E-state index in [1.807, 2.05) is 13.0 Å². The van der Waals surface area contributed by atoms with Gasteiger partial charge in [0.15, 0.2) is 5.96 Å². The zero-order valence-electron chi connectivity index (χ0n) is 18.6. The third-order valence-electron chi connectivity index (χ3n) is 5.43. The van der Waals surface area contributed by atoms with Crippen LogP contribution >= 0.6 is 24.0 Å². The maximum atomic E-state index is 12.3. The van der Waals surface area contributed by atoms with Crippen LogP contribution in [0.2, 0.25) is 0 Å². The molecule has 0 heterocycles. The summed E-state index contributed by atoms with van der Waals surface area (Å²) in [6.45, 7) is 4.69. The van der Waals surface area contributed by atoms with E-state index in [1.165, 1.54) is 25.5 Å². The number of nitrogens with one attached hydrogen (secondary N) is 3. The monoisotopic (exact) mass is 572 g/mol. The maximum absolute atomic E-state index is 12.3. The highest BCUT2D eigenvalue weighted by atomic mass is 127. The number of guanidine groups is 1. The highest BCUT2D eigenvalue weighted by Crippen LogP contribution is 2.47. The van der Waals surface area contributed by atoms with E-state index in [0.29, 0.717) is 13.2 Å². The summed E-state index contributed by atoms with van der Waals surface area (Å²) in [6.07, 6.45) is 2.36. The Morgan fingerprint density at radius 3 is 2.34 bits per heavy atom. The van der Waals surface area contributed by atoms with Crippen molar-refractivity contribution < 1.29 is 13.2 Å². The number of methoxy groups -OCH3 is 1. The predicted octanol–water partition coefficient (Wildman–Crippen LogP) is 3.02. The molecule has 0 aliphatic heterocycles. The van der Waals surface area contributed by atoms with E-state index < -0.39 is 10.0 Å². The lowest BCUT2D eigenvalue weighted by atomic mass is 9.96. The molecule has 0 aromatic heterocycles. The van der Waals surface area contributed by atoms with Gasteiger partial charge >= 0.3 is 0 Å². The first-order chi connectivity index (χ1) is 15.0. The first kappa shape index (κ1) is 26.6. The molecule has 0 saturated heterocycles. The fourth-order valence-corrected chi connectivity index (χ4v) is 4.42. The minimum atomic E-state index is -3.52. The Kier molecular flexibility index (Phi) is 10.4. The molecule has 1 fully saturated rings. The number of halogens is 1. The third kappa shape index (κ3) is 7.43. The molecule has 3 N–H and O–H groups in total. The minimum Gasteiger partial charge on any atom is -0.383 e. The Hall–Kier alpha value is -1.69. The summed E-state index contributed by atoms with van der Waals surface area (Å²) >= 11 is 0. The standard InChI is InChI=1S/C23H32N4O3S.HI/c1-3-24-22(26-18-23(13-14-23)20-7-5-4-6-8-20)25-17-19-9-11-21(12-10-19)31(28,29)27-15-16-30-2;/h4-12,27H,3,13-18H2,1-2H3,(H2,24,25,26);1H. The Bertz CT molecular complexity index is 962. The Morgan fingerprint density at radius 1 is 1.06 bits per heavy atom. The largest absolute Gasteiger partial charge is 0.383 e. The first-order valence-electron chi connectivity index (χ1n) is 10.6. The molecule has 0 atom stereocenters. The second kappa shape index (κ2) is 12.5. The van der Waals surface area contributed by atoms with Gasteiger partial charge in [-0.1, -0.05) is 42.5 Å². The zero-order valence-corrected chi connectivity index (χ0v) is 21.8. The van der Waals surface area contributed by atoms with E-state index in [9.17, 15) is 8.42 Å². The fourth-order valence-electron chi connectivity index (χ4n) is 3.41. The lowest BCUT2D eigenvalue weighted by Gasteiger charge is -2.19. The van der Waals surface area contributed by atoms with Crippen LogP contribution in [0.4, 0.5) is 0 Å². The van der Waals surface area contributed by atoms with Crippen LogP contribution < -0.4 is 15.4 Å². The minimum absolute atomic E-state index is 0. The number of benzene rings is 2. The van der Waals surface area contributed by atoms with Gasteiger partial charge in [-0.15, -0.1) is 24.0 Å². The lowest BCUT2D eigenvalue weighted by molar-refractivity contribution is 0.204. The molecule has 0 radical (unpaired) electrons. The molecule has 3 rings (SSSR count). The molecule has 0 unspecified atom stereocenters. The van der Waals surface area contributed by atoms with E-state index in [2.05, 4.69) is 44.6 Å². The normalized spacial score (nSPS) is 15.0. The van der Waals surface area contributed by atoms with Crippen molar-refractivity contribution in [3.8, 4) is 0 Å². The van der Waals surface area contributed by atoms with E-state index in [1.54, 1.807) is 24.3 Å². The summed E-state index contributed by atoms with van der Waals surface area (Å²) in [5.41, 5.74) is 2.51. The van der Waals surface area contributed by atoms with Crippen LogP contribution in [0.1, 0.15) is 30.9 Å². The van der Waals surface area contributed by atoms with E-state index in [-0.39, 0.29) is 40.8 Å². The van der Waals surface area contributed by atoms with Crippen LogP contribution in [0, 0.1) is 0 Å². The molecular formula is C23H33IN4O3S. The van der Waals surface area contributed by atoms with Crippen molar-refractivity contribution in [2.24, 2.45) is 4.99 Å². The van der Waals surface area contributed by atoms with Gasteiger partial charge in [0.05, 0.1) is 18.0 Å². The van der Waals surface area contributed by atoms with Gasteiger partial charge in [0.2, 0.25) is 10.0 Å². The number of nitrogens with zero attached hydrogens (tertiary/aromatic N) is 1. The smallest absolute Gasteiger partial charge is 0.240 e. The van der Waals surface area contributed by atoms with Crippen molar-refractivity contribution >= 4 is 40.0 Å². The fraction of sp³-hybridized carbons (Fsp3) is 0.435. The third-order valence-corrected chi connectivity index (χ3v) is 6.91. The molecule has 2 aromatic carbocycles. The van der Waals surface area contributed by atoms with Crippen LogP contribution in [0.15, 0.2) is 64.5 Å². The van der Waals surface area contributed by atoms with Crippen molar-refractivity contribution in [3.05, 3.63) is 65.7 Å². The molecule has 1 aliphatic rings. The van der Waals surface area contributed by atoms with Crippen LogP contribution in [0.5, 0.6) is 0 Å². The molecule has 176 valence electrons. The number of aliphatic imine (C=N–C) groups is 1. The first-order valence-corrected chi connectivity index (χ1v) is 12.1. The predicted molar refractivity (Wildman–Crippen MR) is 139 cm³/mol. The Balaban J connectivity index is 0.00000363.